The summed E-state index contributed by atoms with van der Waals surface area (Å²) in [6, 6.07) is 3.16. The van der Waals surface area contributed by atoms with Gasteiger partial charge in [-0.25, -0.2) is 0 Å². The molecule has 0 atom stereocenters. The highest BCUT2D eigenvalue weighted by atomic mass is 28.4. The Kier molecular flexibility index (Phi) is 11.3. The number of nitro benzene ring substituents is 1. The highest BCUT2D eigenvalue weighted by Crippen LogP contribution is 2.34. The lowest BCUT2D eigenvalue weighted by atomic mass is 10.1. The van der Waals surface area contributed by atoms with E-state index in [-0.39, 0.29) is 30.0 Å². The van der Waals surface area contributed by atoms with Gasteiger partial charge in [0.25, 0.3) is 5.69 Å². The quantitative estimate of drug-likeness (QED) is 0.173. The summed E-state index contributed by atoms with van der Waals surface area (Å²) in [5.74, 6) is 0.0601. The number of carbonyl (C=O) groups is 1. The van der Waals surface area contributed by atoms with Crippen molar-refractivity contribution in [2.24, 2.45) is 0 Å². The third kappa shape index (κ3) is 7.56. The van der Waals surface area contributed by atoms with Crippen molar-refractivity contribution in [1.29, 1.82) is 0 Å². The van der Waals surface area contributed by atoms with Gasteiger partial charge in [-0.2, -0.15) is 0 Å². The molecule has 0 bridgehead atoms. The first kappa shape index (κ1) is 25.8. The molecular formula is C19H31NO9Si. The number of hydrogen-bond donors (Lipinski definition) is 0. The van der Waals surface area contributed by atoms with Crippen LogP contribution in [0.1, 0.15) is 39.2 Å². The Morgan fingerprint density at radius 3 is 2.00 bits per heavy atom. The second kappa shape index (κ2) is 13.2. The second-order valence-corrected chi connectivity index (χ2v) is 8.82. The van der Waals surface area contributed by atoms with E-state index in [9.17, 15) is 14.9 Å². The van der Waals surface area contributed by atoms with E-state index in [1.54, 1.807) is 0 Å². The first-order valence-electron chi connectivity index (χ1n) is 9.83. The molecule has 0 N–H and O–H groups in total. The Hall–Kier alpha value is -2.21. The summed E-state index contributed by atoms with van der Waals surface area (Å²) in [6.45, 7) is 6.72. The number of hydrogen-bond acceptors (Lipinski definition) is 9. The Balaban J connectivity index is 2.73. The Morgan fingerprint density at radius 2 is 1.53 bits per heavy atom. The molecule has 1 aromatic rings. The van der Waals surface area contributed by atoms with Crippen molar-refractivity contribution in [1.82, 2.24) is 0 Å². The van der Waals surface area contributed by atoms with Crippen molar-refractivity contribution >= 4 is 20.5 Å². The van der Waals surface area contributed by atoms with E-state index in [1.165, 1.54) is 26.4 Å². The Labute approximate surface area is 177 Å². The summed E-state index contributed by atoms with van der Waals surface area (Å²) in [6.07, 6.45) is 0.572. The van der Waals surface area contributed by atoms with E-state index in [0.29, 0.717) is 38.0 Å². The number of ether oxygens (including phenoxy) is 3. The maximum Gasteiger partial charge on any atom is 0.500 e. The van der Waals surface area contributed by atoms with Gasteiger partial charge in [-0.05, 0) is 33.3 Å². The van der Waals surface area contributed by atoms with Gasteiger partial charge in [-0.1, -0.05) is 0 Å². The molecule has 30 heavy (non-hydrogen) atoms. The van der Waals surface area contributed by atoms with Gasteiger partial charge >= 0.3 is 14.8 Å². The summed E-state index contributed by atoms with van der Waals surface area (Å²) < 4.78 is 32.7. The van der Waals surface area contributed by atoms with E-state index < -0.39 is 19.7 Å². The van der Waals surface area contributed by atoms with E-state index in [0.717, 1.165) is 0 Å². The number of nitrogens with zero attached hydrogens (tertiary/aromatic N) is 1. The van der Waals surface area contributed by atoms with Crippen molar-refractivity contribution in [3.8, 4) is 11.5 Å². The predicted molar refractivity (Wildman–Crippen MR) is 111 cm³/mol. The van der Waals surface area contributed by atoms with Crippen molar-refractivity contribution < 1.29 is 37.2 Å². The van der Waals surface area contributed by atoms with Gasteiger partial charge < -0.3 is 27.5 Å². The molecule has 1 rings (SSSR count). The zero-order chi connectivity index (χ0) is 22.6. The lowest BCUT2D eigenvalue weighted by Crippen LogP contribution is -2.46. The molecule has 0 saturated carbocycles. The second-order valence-electron chi connectivity index (χ2n) is 6.09. The molecule has 0 spiro atoms. The lowest BCUT2D eigenvalue weighted by molar-refractivity contribution is -0.385. The van der Waals surface area contributed by atoms with Gasteiger partial charge in [0, 0.05) is 32.3 Å². The molecule has 1 aromatic carbocycles. The van der Waals surface area contributed by atoms with Gasteiger partial charge in [-0.3, -0.25) is 14.9 Å². The zero-order valence-corrected chi connectivity index (χ0v) is 19.2. The number of benzene rings is 1. The normalized spacial score (nSPS) is 11.2. The van der Waals surface area contributed by atoms with Crippen molar-refractivity contribution in [2.75, 3.05) is 34.0 Å². The van der Waals surface area contributed by atoms with Crippen LogP contribution in [0.3, 0.4) is 0 Å². The summed E-state index contributed by atoms with van der Waals surface area (Å²) in [7, 11) is -0.0159. The van der Waals surface area contributed by atoms with E-state index >= 15 is 0 Å². The molecule has 0 saturated heterocycles. The topological polar surface area (TPSA) is 116 Å². The van der Waals surface area contributed by atoms with Crippen molar-refractivity contribution in [3.05, 3.63) is 27.8 Å². The average Bonchev–Trinajstić information content (AvgIpc) is 2.72. The molecule has 0 aliphatic rings. The molecule has 0 radical (unpaired) electrons. The van der Waals surface area contributed by atoms with Crippen LogP contribution >= 0.6 is 0 Å². The fraction of sp³-hybridized carbons (Fsp3) is 0.632. The highest BCUT2D eigenvalue weighted by molar-refractivity contribution is 6.60. The number of nitro groups is 1. The first-order valence-corrected chi connectivity index (χ1v) is 11.8. The molecule has 0 amide bonds. The maximum absolute atomic E-state index is 12.2. The third-order valence-corrected chi connectivity index (χ3v) is 7.28. The number of rotatable bonds is 15. The molecule has 0 fully saturated rings. The SMILES string of the molecule is CCO[Si](CCCC(=O)OCc1cc(OC)c(OC)cc1[N+](=O)[O-])(OCC)OCC. The highest BCUT2D eigenvalue weighted by Gasteiger charge is 2.39. The van der Waals surface area contributed by atoms with Gasteiger partial charge in [0.1, 0.15) is 6.61 Å². The number of esters is 1. The Bertz CT molecular complexity index is 682. The number of carbonyl (C=O) groups excluding carboxylic acids is 1. The fourth-order valence-corrected chi connectivity index (χ4v) is 5.49. The molecule has 0 aliphatic carbocycles. The van der Waals surface area contributed by atoms with Crippen LogP contribution < -0.4 is 9.47 Å². The molecule has 11 heteroatoms. The fourth-order valence-electron chi connectivity index (χ4n) is 2.88. The third-order valence-electron chi connectivity index (χ3n) is 4.13. The van der Waals surface area contributed by atoms with E-state index in [4.69, 9.17) is 27.5 Å². The minimum absolute atomic E-state index is 0.114. The van der Waals surface area contributed by atoms with Crippen LogP contribution in [-0.4, -0.2) is 53.7 Å². The molecular weight excluding hydrogens is 414 g/mol. The standard InChI is InChI=1S/C19H31NO9Si/c1-6-27-30(28-7-2,29-8-3)11-9-10-19(21)26-14-15-12-17(24-4)18(25-5)13-16(15)20(22)23/h12-13H,6-11,14H2,1-5H3. The summed E-state index contributed by atoms with van der Waals surface area (Å²) in [5, 5.41) is 11.3. The van der Waals surface area contributed by atoms with Gasteiger partial charge in [0.2, 0.25) is 0 Å². The molecule has 0 unspecified atom stereocenters. The van der Waals surface area contributed by atoms with Gasteiger partial charge in [-0.15, -0.1) is 0 Å². The van der Waals surface area contributed by atoms with Crippen LogP contribution in [0.2, 0.25) is 6.04 Å². The largest absolute Gasteiger partial charge is 0.500 e. The summed E-state index contributed by atoms with van der Waals surface area (Å²) in [4.78, 5) is 23.0. The maximum atomic E-state index is 12.2. The molecule has 170 valence electrons. The smallest absolute Gasteiger partial charge is 0.493 e. The van der Waals surface area contributed by atoms with Crippen molar-refractivity contribution in [2.45, 2.75) is 46.3 Å². The average molecular weight is 446 g/mol. The zero-order valence-electron chi connectivity index (χ0n) is 18.2. The Morgan fingerprint density at radius 1 is 1.00 bits per heavy atom. The van der Waals surface area contributed by atoms with Crippen LogP contribution in [0.25, 0.3) is 0 Å². The predicted octanol–water partition coefficient (Wildman–Crippen LogP) is 3.48. The van der Waals surface area contributed by atoms with Crippen LogP contribution in [0, 0.1) is 10.1 Å². The molecule has 0 aliphatic heterocycles. The van der Waals surface area contributed by atoms with Crippen LogP contribution in [0.5, 0.6) is 11.5 Å². The molecule has 10 nitrogen and oxygen atoms in total. The van der Waals surface area contributed by atoms with Crippen LogP contribution in [-0.2, 0) is 29.4 Å². The monoisotopic (exact) mass is 445 g/mol. The van der Waals surface area contributed by atoms with E-state index in [2.05, 4.69) is 0 Å². The first-order chi connectivity index (χ1) is 14.4. The minimum atomic E-state index is -2.82. The molecule has 0 aromatic heterocycles. The van der Waals surface area contributed by atoms with Crippen LogP contribution in [0.15, 0.2) is 12.1 Å². The van der Waals surface area contributed by atoms with Crippen LogP contribution in [0.4, 0.5) is 5.69 Å². The van der Waals surface area contributed by atoms with Gasteiger partial charge in [0.15, 0.2) is 11.5 Å². The molecule has 0 heterocycles. The summed E-state index contributed by atoms with van der Waals surface area (Å²) in [5.41, 5.74) is 0.00332. The van der Waals surface area contributed by atoms with Crippen molar-refractivity contribution in [3.63, 3.8) is 0 Å². The van der Waals surface area contributed by atoms with Gasteiger partial charge in [0.05, 0.1) is 30.8 Å². The lowest BCUT2D eigenvalue weighted by Gasteiger charge is -2.28. The number of methoxy groups -OCH3 is 2. The summed E-state index contributed by atoms with van der Waals surface area (Å²) >= 11 is 0. The minimum Gasteiger partial charge on any atom is -0.493 e. The van der Waals surface area contributed by atoms with E-state index in [1.807, 2.05) is 20.8 Å².